The van der Waals surface area contributed by atoms with Crippen LogP contribution >= 0.6 is 15.9 Å². The summed E-state index contributed by atoms with van der Waals surface area (Å²) in [6.45, 7) is 5.33. The van der Waals surface area contributed by atoms with Gasteiger partial charge in [-0.15, -0.1) is 0 Å². The summed E-state index contributed by atoms with van der Waals surface area (Å²) in [7, 11) is 1.43. The average molecular weight is 326 g/mol. The molecule has 1 heterocycles. The van der Waals surface area contributed by atoms with Crippen LogP contribution in [-0.4, -0.2) is 31.1 Å². The summed E-state index contributed by atoms with van der Waals surface area (Å²) < 4.78 is 5.77. The number of ether oxygens (including phenoxy) is 1. The molecule has 1 unspecified atom stereocenters. The Labute approximate surface area is 123 Å². The van der Waals surface area contributed by atoms with Crippen molar-refractivity contribution in [2.75, 3.05) is 20.2 Å². The highest BCUT2D eigenvalue weighted by Crippen LogP contribution is 2.22. The molecule has 1 aliphatic rings. The van der Waals surface area contributed by atoms with E-state index in [1.165, 1.54) is 20.0 Å². The van der Waals surface area contributed by atoms with Crippen LogP contribution in [0.5, 0.6) is 0 Å². The third kappa shape index (κ3) is 3.80. The largest absolute Gasteiger partial charge is 0.465 e. The Morgan fingerprint density at radius 3 is 3.00 bits per heavy atom. The molecule has 0 amide bonds. The normalized spacial score (nSPS) is 20.3. The van der Waals surface area contributed by atoms with E-state index in [1.807, 2.05) is 18.2 Å². The van der Waals surface area contributed by atoms with Gasteiger partial charge in [-0.1, -0.05) is 28.9 Å². The molecule has 1 atom stereocenters. The summed E-state index contributed by atoms with van der Waals surface area (Å²) >= 11 is 3.41. The first-order valence-corrected chi connectivity index (χ1v) is 7.48. The topological polar surface area (TPSA) is 29.5 Å². The molecule has 4 heteroatoms. The number of carbonyl (C=O) groups is 1. The Balaban J connectivity index is 2.17. The van der Waals surface area contributed by atoms with Crippen LogP contribution in [0.3, 0.4) is 0 Å². The van der Waals surface area contributed by atoms with Crippen LogP contribution in [0.2, 0.25) is 0 Å². The summed E-state index contributed by atoms with van der Waals surface area (Å²) in [6.07, 6.45) is 2.55. The smallest absolute Gasteiger partial charge is 0.338 e. The second kappa shape index (κ2) is 6.53. The Kier molecular flexibility index (Phi) is 4.99. The highest BCUT2D eigenvalue weighted by atomic mass is 79.9. The predicted molar refractivity (Wildman–Crippen MR) is 79.2 cm³/mol. The van der Waals surface area contributed by atoms with E-state index in [4.69, 9.17) is 4.74 Å². The second-order valence-corrected chi connectivity index (χ2v) is 6.19. The molecular formula is C15H20BrNO2. The Morgan fingerprint density at radius 2 is 2.32 bits per heavy atom. The van der Waals surface area contributed by atoms with Crippen LogP contribution in [-0.2, 0) is 11.3 Å². The van der Waals surface area contributed by atoms with Crippen molar-refractivity contribution in [3.63, 3.8) is 0 Å². The van der Waals surface area contributed by atoms with E-state index in [2.05, 4.69) is 27.8 Å². The van der Waals surface area contributed by atoms with Crippen LogP contribution in [0.15, 0.2) is 22.7 Å². The number of likely N-dealkylation sites (tertiary alicyclic amines) is 1. The van der Waals surface area contributed by atoms with Crippen molar-refractivity contribution in [1.29, 1.82) is 0 Å². The molecule has 0 bridgehead atoms. The molecule has 0 spiro atoms. The maximum absolute atomic E-state index is 11.8. The molecule has 0 saturated carbocycles. The Hall–Kier alpha value is -0.870. The quantitative estimate of drug-likeness (QED) is 0.797. The van der Waals surface area contributed by atoms with Gasteiger partial charge in [0.15, 0.2) is 0 Å². The minimum absolute atomic E-state index is 0.263. The molecule has 2 rings (SSSR count). The maximum Gasteiger partial charge on any atom is 0.338 e. The predicted octanol–water partition coefficient (Wildman–Crippen LogP) is 3.47. The lowest BCUT2D eigenvalue weighted by Gasteiger charge is -2.31. The molecular weight excluding hydrogens is 306 g/mol. The molecule has 3 nitrogen and oxygen atoms in total. The van der Waals surface area contributed by atoms with Crippen molar-refractivity contribution in [1.82, 2.24) is 4.90 Å². The fourth-order valence-electron chi connectivity index (χ4n) is 2.66. The first kappa shape index (κ1) is 14.5. The molecule has 1 aromatic rings. The zero-order valence-corrected chi connectivity index (χ0v) is 13.1. The summed E-state index contributed by atoms with van der Waals surface area (Å²) in [5.41, 5.74) is 1.71. The van der Waals surface area contributed by atoms with E-state index in [1.54, 1.807) is 0 Å². The first-order chi connectivity index (χ1) is 9.10. The Morgan fingerprint density at radius 1 is 1.53 bits per heavy atom. The van der Waals surface area contributed by atoms with Gasteiger partial charge in [0.25, 0.3) is 0 Å². The maximum atomic E-state index is 11.8. The third-order valence-corrected chi connectivity index (χ3v) is 4.11. The highest BCUT2D eigenvalue weighted by Gasteiger charge is 2.19. The lowest BCUT2D eigenvalue weighted by Crippen LogP contribution is -2.34. The van der Waals surface area contributed by atoms with Gasteiger partial charge in [0.2, 0.25) is 0 Å². The van der Waals surface area contributed by atoms with Gasteiger partial charge in [-0.25, -0.2) is 4.79 Å². The summed E-state index contributed by atoms with van der Waals surface area (Å²) in [6, 6.07) is 5.83. The number of methoxy groups -OCH3 is 1. The van der Waals surface area contributed by atoms with Crippen molar-refractivity contribution < 1.29 is 9.53 Å². The molecule has 0 aromatic heterocycles. The van der Waals surface area contributed by atoms with Gasteiger partial charge in [0.1, 0.15) is 0 Å². The van der Waals surface area contributed by atoms with E-state index < -0.39 is 0 Å². The molecule has 1 aromatic carbocycles. The van der Waals surface area contributed by atoms with Gasteiger partial charge in [-0.2, -0.15) is 0 Å². The number of esters is 1. The zero-order valence-electron chi connectivity index (χ0n) is 11.5. The van der Waals surface area contributed by atoms with Crippen LogP contribution < -0.4 is 0 Å². The molecule has 1 saturated heterocycles. The van der Waals surface area contributed by atoms with Crippen LogP contribution in [0.1, 0.15) is 35.7 Å². The summed E-state index contributed by atoms with van der Waals surface area (Å²) in [5, 5.41) is 0. The minimum atomic E-state index is -0.263. The molecule has 1 aliphatic heterocycles. The molecule has 104 valence electrons. The van der Waals surface area contributed by atoms with Crippen molar-refractivity contribution >= 4 is 21.9 Å². The Bertz CT molecular complexity index is 461. The lowest BCUT2D eigenvalue weighted by atomic mass is 9.99. The SMILES string of the molecule is COC(=O)c1cc(Br)ccc1CN1CCCC(C)C1. The van der Waals surface area contributed by atoms with Crippen molar-refractivity contribution in [3.05, 3.63) is 33.8 Å². The van der Waals surface area contributed by atoms with E-state index in [0.29, 0.717) is 5.56 Å². The van der Waals surface area contributed by atoms with Crippen LogP contribution in [0.4, 0.5) is 0 Å². The van der Waals surface area contributed by atoms with Gasteiger partial charge in [-0.05, 0) is 43.0 Å². The monoisotopic (exact) mass is 325 g/mol. The van der Waals surface area contributed by atoms with E-state index in [9.17, 15) is 4.79 Å². The van der Waals surface area contributed by atoms with Gasteiger partial charge in [0.05, 0.1) is 12.7 Å². The number of piperidine rings is 1. The molecule has 19 heavy (non-hydrogen) atoms. The van der Waals surface area contributed by atoms with Gasteiger partial charge in [-0.3, -0.25) is 4.90 Å². The van der Waals surface area contributed by atoms with Crippen molar-refractivity contribution in [2.45, 2.75) is 26.3 Å². The number of hydrogen-bond donors (Lipinski definition) is 0. The second-order valence-electron chi connectivity index (χ2n) is 5.28. The third-order valence-electron chi connectivity index (χ3n) is 3.61. The molecule has 0 N–H and O–H groups in total. The number of halogens is 1. The van der Waals surface area contributed by atoms with Crippen LogP contribution in [0, 0.1) is 5.92 Å². The van der Waals surface area contributed by atoms with Gasteiger partial charge in [0, 0.05) is 17.6 Å². The van der Waals surface area contributed by atoms with Gasteiger partial charge >= 0.3 is 5.97 Å². The summed E-state index contributed by atoms with van der Waals surface area (Å²) in [5.74, 6) is 0.479. The number of benzene rings is 1. The number of rotatable bonds is 3. The number of carbonyl (C=O) groups excluding carboxylic acids is 1. The summed E-state index contributed by atoms with van der Waals surface area (Å²) in [4.78, 5) is 14.3. The fraction of sp³-hybridized carbons (Fsp3) is 0.533. The molecule has 1 fully saturated rings. The van der Waals surface area contributed by atoms with Crippen LogP contribution in [0.25, 0.3) is 0 Å². The first-order valence-electron chi connectivity index (χ1n) is 6.69. The highest BCUT2D eigenvalue weighted by molar-refractivity contribution is 9.10. The average Bonchev–Trinajstić information content (AvgIpc) is 2.40. The zero-order chi connectivity index (χ0) is 13.8. The van der Waals surface area contributed by atoms with Crippen molar-refractivity contribution in [2.24, 2.45) is 5.92 Å². The lowest BCUT2D eigenvalue weighted by molar-refractivity contribution is 0.0597. The van der Waals surface area contributed by atoms with Gasteiger partial charge < -0.3 is 4.74 Å². The fourth-order valence-corrected chi connectivity index (χ4v) is 3.02. The minimum Gasteiger partial charge on any atom is -0.465 e. The van der Waals surface area contributed by atoms with Crippen molar-refractivity contribution in [3.8, 4) is 0 Å². The van der Waals surface area contributed by atoms with E-state index >= 15 is 0 Å². The van der Waals surface area contributed by atoms with E-state index in [0.717, 1.165) is 35.6 Å². The standard InChI is InChI=1S/C15H20BrNO2/c1-11-4-3-7-17(9-11)10-12-5-6-13(16)8-14(12)15(18)19-2/h5-6,8,11H,3-4,7,9-10H2,1-2H3. The molecule has 0 radical (unpaired) electrons. The van der Waals surface area contributed by atoms with E-state index in [-0.39, 0.29) is 5.97 Å². The number of hydrogen-bond acceptors (Lipinski definition) is 3. The number of nitrogens with zero attached hydrogens (tertiary/aromatic N) is 1. The molecule has 0 aliphatic carbocycles.